The maximum Gasteiger partial charge on any atom is 0.260 e. The first-order valence-corrected chi connectivity index (χ1v) is 12.3. The largest absolute Gasteiger partial charge is 0.311 e. The number of hydrogen-bond acceptors (Lipinski definition) is 6. The van der Waals surface area contributed by atoms with E-state index < -0.39 is 0 Å². The van der Waals surface area contributed by atoms with Crippen LogP contribution in [0, 0.1) is 11.8 Å². The second kappa shape index (κ2) is 10.4. The molecule has 0 aliphatic carbocycles. The number of anilines is 3. The Morgan fingerprint density at radius 2 is 1.86 bits per heavy atom. The molecule has 9 heteroatoms. The van der Waals surface area contributed by atoms with E-state index in [1.54, 1.807) is 40.7 Å². The lowest BCUT2D eigenvalue weighted by Crippen LogP contribution is -2.23. The summed E-state index contributed by atoms with van der Waals surface area (Å²) in [6.45, 7) is 1.75. The van der Waals surface area contributed by atoms with Gasteiger partial charge in [0.15, 0.2) is 5.13 Å². The van der Waals surface area contributed by atoms with Gasteiger partial charge in [-0.1, -0.05) is 48.2 Å². The molecule has 0 radical (unpaired) electrons. The summed E-state index contributed by atoms with van der Waals surface area (Å²) in [4.78, 5) is 46.9. The number of thiazole rings is 1. The summed E-state index contributed by atoms with van der Waals surface area (Å²) in [6.07, 6.45) is 1.83. The molecule has 1 aliphatic heterocycles. The fourth-order valence-electron chi connectivity index (χ4n) is 3.89. The average Bonchev–Trinajstić information content (AvgIpc) is 3.48. The maximum atomic E-state index is 13.1. The zero-order valence-electron chi connectivity index (χ0n) is 19.8. The first kappa shape index (κ1) is 23.9. The van der Waals surface area contributed by atoms with Gasteiger partial charge in [-0.25, -0.2) is 9.97 Å². The minimum Gasteiger partial charge on any atom is -0.311 e. The highest BCUT2D eigenvalue weighted by molar-refractivity contribution is 7.14. The Morgan fingerprint density at radius 1 is 1.03 bits per heavy atom. The van der Waals surface area contributed by atoms with Crippen LogP contribution in [0.4, 0.5) is 16.8 Å². The second-order valence-electron chi connectivity index (χ2n) is 8.31. The minimum atomic E-state index is -0.192. The van der Waals surface area contributed by atoms with Gasteiger partial charge in [0, 0.05) is 40.8 Å². The van der Waals surface area contributed by atoms with Gasteiger partial charge < -0.3 is 10.6 Å². The van der Waals surface area contributed by atoms with E-state index in [2.05, 4.69) is 32.4 Å². The Kier molecular flexibility index (Phi) is 6.74. The van der Waals surface area contributed by atoms with Crippen molar-refractivity contribution in [1.29, 1.82) is 0 Å². The van der Waals surface area contributed by atoms with E-state index in [1.807, 2.05) is 36.4 Å². The lowest BCUT2D eigenvalue weighted by molar-refractivity contribution is -0.116. The number of pyridine rings is 1. The summed E-state index contributed by atoms with van der Waals surface area (Å²) in [5.41, 5.74) is 3.74. The van der Waals surface area contributed by atoms with Crippen molar-refractivity contribution in [3.05, 3.63) is 100 Å². The molecule has 0 atom stereocenters. The van der Waals surface area contributed by atoms with Crippen molar-refractivity contribution in [1.82, 2.24) is 9.97 Å². The van der Waals surface area contributed by atoms with Crippen molar-refractivity contribution < 1.29 is 14.4 Å². The van der Waals surface area contributed by atoms with Gasteiger partial charge in [0.2, 0.25) is 11.8 Å². The Morgan fingerprint density at radius 3 is 2.62 bits per heavy atom. The molecule has 8 nitrogen and oxygen atoms in total. The van der Waals surface area contributed by atoms with Crippen molar-refractivity contribution in [3.63, 3.8) is 0 Å². The molecule has 0 saturated carbocycles. The molecule has 0 saturated heterocycles. The van der Waals surface area contributed by atoms with E-state index in [0.717, 1.165) is 16.7 Å². The van der Waals surface area contributed by atoms with Crippen molar-refractivity contribution in [2.45, 2.75) is 19.9 Å². The molecular formula is C28H21N5O3S. The third-order valence-electron chi connectivity index (χ3n) is 5.60. The molecule has 0 spiro atoms. The molecule has 0 unspecified atom stereocenters. The van der Waals surface area contributed by atoms with E-state index in [1.165, 1.54) is 18.3 Å². The number of aromatic nitrogens is 2. The van der Waals surface area contributed by atoms with Gasteiger partial charge in [-0.3, -0.25) is 19.3 Å². The van der Waals surface area contributed by atoms with E-state index in [4.69, 9.17) is 0 Å². The number of carbonyl (C=O) groups is 3. The standard InChI is InChI=1S/C28H21N5O3S/c1-18(34)30-24-13-11-20(15-29-24)10-12-21-8-5-9-22-23(21)16-33(27(22)36)25-17-37-28(31-25)32-26(35)14-19-6-3-2-4-7-19/h2-9,11,13,15,17H,14,16H2,1H3,(H,29,30,34)(H,31,32,35). The second-order valence-corrected chi connectivity index (χ2v) is 9.17. The van der Waals surface area contributed by atoms with Crippen LogP contribution < -0.4 is 15.5 Å². The van der Waals surface area contributed by atoms with Crippen LogP contribution >= 0.6 is 11.3 Å². The fraction of sp³-hybridized carbons (Fsp3) is 0.107. The highest BCUT2D eigenvalue weighted by atomic mass is 32.1. The Hall–Kier alpha value is -4.81. The van der Waals surface area contributed by atoms with Crippen LogP contribution in [0.1, 0.15) is 39.5 Å². The summed E-state index contributed by atoms with van der Waals surface area (Å²) in [5.74, 6) is 6.63. The van der Waals surface area contributed by atoms with Crippen LogP contribution in [-0.4, -0.2) is 27.7 Å². The SMILES string of the molecule is CC(=O)Nc1ccc(C#Cc2cccc3c2CN(c2csc(NC(=O)Cc4ccccc4)n2)C3=O)cn1. The monoisotopic (exact) mass is 507 g/mol. The van der Waals surface area contributed by atoms with Gasteiger partial charge in [0.1, 0.15) is 11.6 Å². The third kappa shape index (κ3) is 5.55. The molecule has 0 fully saturated rings. The topological polar surface area (TPSA) is 104 Å². The quantitative estimate of drug-likeness (QED) is 0.393. The van der Waals surface area contributed by atoms with Crippen LogP contribution in [0.25, 0.3) is 0 Å². The smallest absolute Gasteiger partial charge is 0.260 e. The van der Waals surface area contributed by atoms with Crippen molar-refractivity contribution in [3.8, 4) is 11.8 Å². The Bertz CT molecular complexity index is 1550. The first-order chi connectivity index (χ1) is 18.0. The molecular weight excluding hydrogens is 486 g/mol. The highest BCUT2D eigenvalue weighted by Gasteiger charge is 2.31. The number of benzene rings is 2. The van der Waals surface area contributed by atoms with Crippen LogP contribution in [0.5, 0.6) is 0 Å². The minimum absolute atomic E-state index is 0.160. The maximum absolute atomic E-state index is 13.1. The summed E-state index contributed by atoms with van der Waals surface area (Å²) in [6, 6.07) is 18.4. The van der Waals surface area contributed by atoms with Gasteiger partial charge >= 0.3 is 0 Å². The van der Waals surface area contributed by atoms with Gasteiger partial charge in [0.25, 0.3) is 5.91 Å². The van der Waals surface area contributed by atoms with E-state index >= 15 is 0 Å². The zero-order chi connectivity index (χ0) is 25.8. The van der Waals surface area contributed by atoms with E-state index in [-0.39, 0.29) is 24.1 Å². The van der Waals surface area contributed by atoms with E-state index in [9.17, 15) is 14.4 Å². The number of nitrogens with one attached hydrogen (secondary N) is 2. The number of rotatable bonds is 5. The molecule has 37 heavy (non-hydrogen) atoms. The van der Waals surface area contributed by atoms with E-state index in [0.29, 0.717) is 34.4 Å². The van der Waals surface area contributed by atoms with Gasteiger partial charge in [-0.2, -0.15) is 0 Å². The average molecular weight is 508 g/mol. The fourth-order valence-corrected chi connectivity index (χ4v) is 4.60. The molecule has 2 aromatic heterocycles. The first-order valence-electron chi connectivity index (χ1n) is 11.4. The molecule has 5 rings (SSSR count). The summed E-state index contributed by atoms with van der Waals surface area (Å²) in [5, 5.41) is 7.63. The molecule has 4 aromatic rings. The predicted molar refractivity (Wildman–Crippen MR) is 142 cm³/mol. The Labute approximate surface area is 217 Å². The molecule has 0 bridgehead atoms. The lowest BCUT2D eigenvalue weighted by Gasteiger charge is -2.11. The zero-order valence-corrected chi connectivity index (χ0v) is 20.6. The number of nitrogens with zero attached hydrogens (tertiary/aromatic N) is 3. The van der Waals surface area contributed by atoms with Crippen LogP contribution in [0.15, 0.2) is 72.2 Å². The number of hydrogen-bond donors (Lipinski definition) is 2. The van der Waals surface area contributed by atoms with Crippen molar-refractivity contribution in [2.75, 3.05) is 15.5 Å². The van der Waals surface area contributed by atoms with Crippen molar-refractivity contribution >= 4 is 45.8 Å². The van der Waals surface area contributed by atoms with Gasteiger partial charge in [0.05, 0.1) is 13.0 Å². The molecule has 2 N–H and O–H groups in total. The number of fused-ring (bicyclic) bond motifs is 1. The highest BCUT2D eigenvalue weighted by Crippen LogP contribution is 2.32. The Balaban J connectivity index is 1.29. The number of carbonyl (C=O) groups excluding carboxylic acids is 3. The molecule has 3 heterocycles. The summed E-state index contributed by atoms with van der Waals surface area (Å²) in [7, 11) is 0. The van der Waals surface area contributed by atoms with Gasteiger partial charge in [-0.15, -0.1) is 11.3 Å². The molecule has 2 aromatic carbocycles. The summed E-state index contributed by atoms with van der Waals surface area (Å²) >= 11 is 1.27. The van der Waals surface area contributed by atoms with Crippen molar-refractivity contribution in [2.24, 2.45) is 0 Å². The lowest BCUT2D eigenvalue weighted by atomic mass is 10.0. The number of amides is 3. The van der Waals surface area contributed by atoms with Crippen LogP contribution in [0.3, 0.4) is 0 Å². The summed E-state index contributed by atoms with van der Waals surface area (Å²) < 4.78 is 0. The third-order valence-corrected chi connectivity index (χ3v) is 6.34. The molecule has 1 aliphatic rings. The normalized spacial score (nSPS) is 11.9. The predicted octanol–water partition coefficient (Wildman–Crippen LogP) is 4.24. The molecule has 182 valence electrons. The van der Waals surface area contributed by atoms with Crippen LogP contribution in [0.2, 0.25) is 0 Å². The van der Waals surface area contributed by atoms with Crippen LogP contribution in [-0.2, 0) is 22.6 Å². The molecule has 3 amide bonds. The van der Waals surface area contributed by atoms with Gasteiger partial charge in [-0.05, 0) is 29.8 Å².